The number of rotatable bonds is 2. The highest BCUT2D eigenvalue weighted by molar-refractivity contribution is 5.56. The van der Waals surface area contributed by atoms with Gasteiger partial charge in [-0.15, -0.1) is 0 Å². The van der Waals surface area contributed by atoms with Crippen molar-refractivity contribution < 1.29 is 4.39 Å². The van der Waals surface area contributed by atoms with Crippen LogP contribution in [-0.2, 0) is 0 Å². The van der Waals surface area contributed by atoms with Gasteiger partial charge >= 0.3 is 0 Å². The van der Waals surface area contributed by atoms with Crippen molar-refractivity contribution in [3.8, 4) is 6.07 Å². The fraction of sp³-hybridized carbons (Fsp3) is 0.562. The van der Waals surface area contributed by atoms with Crippen LogP contribution < -0.4 is 5.32 Å². The summed E-state index contributed by atoms with van der Waals surface area (Å²) in [7, 11) is 2.14. The molecule has 0 spiro atoms. The third kappa shape index (κ3) is 2.94. The molecule has 1 fully saturated rings. The van der Waals surface area contributed by atoms with Crippen molar-refractivity contribution in [1.82, 2.24) is 4.90 Å². The number of anilines is 1. The summed E-state index contributed by atoms with van der Waals surface area (Å²) in [6.45, 7) is 7.19. The van der Waals surface area contributed by atoms with Crippen LogP contribution in [0.3, 0.4) is 0 Å². The van der Waals surface area contributed by atoms with Gasteiger partial charge in [-0.3, -0.25) is 0 Å². The predicted octanol–water partition coefficient (Wildman–Crippen LogP) is 3.15. The molecule has 4 heteroatoms. The van der Waals surface area contributed by atoms with Crippen LogP contribution in [0.15, 0.2) is 12.1 Å². The first kappa shape index (κ1) is 14.8. The van der Waals surface area contributed by atoms with Gasteiger partial charge in [-0.25, -0.2) is 4.39 Å². The van der Waals surface area contributed by atoms with E-state index >= 15 is 0 Å². The van der Waals surface area contributed by atoms with Crippen LogP contribution in [0.4, 0.5) is 10.1 Å². The third-order valence-corrected chi connectivity index (χ3v) is 4.42. The summed E-state index contributed by atoms with van der Waals surface area (Å²) in [5, 5.41) is 12.4. The summed E-state index contributed by atoms with van der Waals surface area (Å²) in [6, 6.07) is 5.87. The zero-order valence-corrected chi connectivity index (χ0v) is 12.6. The van der Waals surface area contributed by atoms with E-state index in [0.29, 0.717) is 29.1 Å². The molecule has 0 radical (unpaired) electrons. The summed E-state index contributed by atoms with van der Waals surface area (Å²) in [5.74, 6) is 0.171. The molecule has 1 N–H and O–H groups in total. The van der Waals surface area contributed by atoms with Crippen molar-refractivity contribution in [3.63, 3.8) is 0 Å². The number of likely N-dealkylation sites (tertiary alicyclic amines) is 1. The minimum absolute atomic E-state index is 0.313. The molecule has 1 aromatic rings. The van der Waals surface area contributed by atoms with Gasteiger partial charge in [0.15, 0.2) is 0 Å². The lowest BCUT2D eigenvalue weighted by molar-refractivity contribution is 0.145. The highest BCUT2D eigenvalue weighted by atomic mass is 19.1. The topological polar surface area (TPSA) is 39.1 Å². The fourth-order valence-corrected chi connectivity index (χ4v) is 2.84. The molecule has 1 aromatic carbocycles. The van der Waals surface area contributed by atoms with E-state index in [1.807, 2.05) is 6.07 Å². The Bertz CT molecular complexity index is 535. The lowest BCUT2D eigenvalue weighted by Gasteiger charge is -2.40. The second kappa shape index (κ2) is 5.80. The van der Waals surface area contributed by atoms with E-state index in [1.54, 1.807) is 13.0 Å². The first-order valence-corrected chi connectivity index (χ1v) is 7.09. The van der Waals surface area contributed by atoms with E-state index in [-0.39, 0.29) is 5.82 Å². The number of halogens is 1. The Kier molecular flexibility index (Phi) is 4.29. The van der Waals surface area contributed by atoms with Gasteiger partial charge in [0.1, 0.15) is 5.82 Å². The number of hydrogen-bond donors (Lipinski definition) is 1. The Morgan fingerprint density at radius 3 is 2.75 bits per heavy atom. The Hall–Kier alpha value is -1.60. The van der Waals surface area contributed by atoms with Gasteiger partial charge in [-0.2, -0.15) is 5.26 Å². The zero-order chi connectivity index (χ0) is 14.9. The summed E-state index contributed by atoms with van der Waals surface area (Å²) < 4.78 is 13.8. The fourth-order valence-electron chi connectivity index (χ4n) is 2.84. The smallest absolute Gasteiger partial charge is 0.129 e. The molecule has 20 heavy (non-hydrogen) atoms. The van der Waals surface area contributed by atoms with Crippen LogP contribution >= 0.6 is 0 Å². The highest BCUT2D eigenvalue weighted by Crippen LogP contribution is 2.27. The largest absolute Gasteiger partial charge is 0.382 e. The Morgan fingerprint density at radius 1 is 1.40 bits per heavy atom. The van der Waals surface area contributed by atoms with Crippen molar-refractivity contribution in [3.05, 3.63) is 29.1 Å². The summed E-state index contributed by atoms with van der Waals surface area (Å²) >= 11 is 0. The van der Waals surface area contributed by atoms with Gasteiger partial charge in [0.05, 0.1) is 11.6 Å². The van der Waals surface area contributed by atoms with Crippen molar-refractivity contribution >= 4 is 5.69 Å². The third-order valence-electron chi connectivity index (χ3n) is 4.42. The van der Waals surface area contributed by atoms with Gasteiger partial charge in [0, 0.05) is 29.9 Å². The maximum absolute atomic E-state index is 13.8. The maximum atomic E-state index is 13.8. The van der Waals surface area contributed by atoms with Crippen LogP contribution in [-0.4, -0.2) is 30.6 Å². The molecular weight excluding hydrogens is 253 g/mol. The predicted molar refractivity (Wildman–Crippen MR) is 79.1 cm³/mol. The standard InChI is InChI=1S/C16H22FN3/c1-10-9-20(4)11(2)5-15(10)19-16-7-13(8-18)6-14(17)12(16)3/h6-7,10-11,15,19H,5,9H2,1-4H3. The molecule has 1 aliphatic rings. The second-order valence-corrected chi connectivity index (χ2v) is 5.99. The minimum atomic E-state index is -0.319. The first-order chi connectivity index (χ1) is 9.42. The van der Waals surface area contributed by atoms with E-state index in [2.05, 4.69) is 31.1 Å². The monoisotopic (exact) mass is 275 g/mol. The molecule has 1 heterocycles. The average Bonchev–Trinajstić information content (AvgIpc) is 2.40. The van der Waals surface area contributed by atoms with Crippen LogP contribution in [0.1, 0.15) is 31.4 Å². The van der Waals surface area contributed by atoms with Crippen LogP contribution in [0.25, 0.3) is 0 Å². The SMILES string of the molecule is Cc1c(F)cc(C#N)cc1NC1CC(C)N(C)CC1C. The van der Waals surface area contributed by atoms with Crippen molar-refractivity contribution in [2.45, 2.75) is 39.3 Å². The average molecular weight is 275 g/mol. The molecule has 108 valence electrons. The number of piperidine rings is 1. The molecule has 0 saturated carbocycles. The van der Waals surface area contributed by atoms with E-state index < -0.39 is 0 Å². The van der Waals surface area contributed by atoms with Gasteiger partial charge in [0.25, 0.3) is 0 Å². The zero-order valence-electron chi connectivity index (χ0n) is 12.6. The number of nitriles is 1. The first-order valence-electron chi connectivity index (χ1n) is 7.09. The molecule has 0 aliphatic carbocycles. The van der Waals surface area contributed by atoms with Gasteiger partial charge in [-0.05, 0) is 45.4 Å². The highest BCUT2D eigenvalue weighted by Gasteiger charge is 2.29. The maximum Gasteiger partial charge on any atom is 0.129 e. The molecule has 1 aliphatic heterocycles. The molecule has 2 rings (SSSR count). The molecule has 3 atom stereocenters. The van der Waals surface area contributed by atoms with Crippen LogP contribution in [0.2, 0.25) is 0 Å². The number of hydrogen-bond acceptors (Lipinski definition) is 3. The second-order valence-electron chi connectivity index (χ2n) is 5.99. The van der Waals surface area contributed by atoms with Crippen molar-refractivity contribution in [1.29, 1.82) is 5.26 Å². The minimum Gasteiger partial charge on any atom is -0.382 e. The molecule has 0 aromatic heterocycles. The molecule has 3 unspecified atom stereocenters. The summed E-state index contributed by atoms with van der Waals surface area (Å²) in [5.41, 5.74) is 1.70. The summed E-state index contributed by atoms with van der Waals surface area (Å²) in [6.07, 6.45) is 1.02. The lowest BCUT2D eigenvalue weighted by Crippen LogP contribution is -2.48. The molecule has 0 amide bonds. The number of nitrogens with one attached hydrogen (secondary N) is 1. The number of nitrogens with zero attached hydrogens (tertiary/aromatic N) is 2. The van der Waals surface area contributed by atoms with Gasteiger partial charge in [-0.1, -0.05) is 6.92 Å². The van der Waals surface area contributed by atoms with E-state index in [1.165, 1.54) is 6.07 Å². The van der Waals surface area contributed by atoms with E-state index in [9.17, 15) is 4.39 Å². The van der Waals surface area contributed by atoms with Crippen molar-refractivity contribution in [2.75, 3.05) is 18.9 Å². The van der Waals surface area contributed by atoms with Gasteiger partial charge in [0.2, 0.25) is 0 Å². The Labute approximate surface area is 120 Å². The van der Waals surface area contributed by atoms with Crippen molar-refractivity contribution in [2.24, 2.45) is 5.92 Å². The normalized spacial score (nSPS) is 27.1. The quantitative estimate of drug-likeness (QED) is 0.901. The Balaban J connectivity index is 2.22. The molecular formula is C16H22FN3. The van der Waals surface area contributed by atoms with E-state index in [4.69, 9.17) is 5.26 Å². The Morgan fingerprint density at radius 2 is 2.10 bits per heavy atom. The molecule has 1 saturated heterocycles. The lowest BCUT2D eigenvalue weighted by atomic mass is 9.89. The molecule has 0 bridgehead atoms. The molecule has 3 nitrogen and oxygen atoms in total. The van der Waals surface area contributed by atoms with Gasteiger partial charge < -0.3 is 10.2 Å². The van der Waals surface area contributed by atoms with E-state index in [0.717, 1.165) is 18.7 Å². The van der Waals surface area contributed by atoms with Crippen LogP contribution in [0, 0.1) is 30.0 Å². The summed E-state index contributed by atoms with van der Waals surface area (Å²) in [4.78, 5) is 2.35. The van der Waals surface area contributed by atoms with Crippen LogP contribution in [0.5, 0.6) is 0 Å². The number of benzene rings is 1.